The van der Waals surface area contributed by atoms with E-state index in [1.54, 1.807) is 23.7 Å². The number of carboxylic acid groups (broad SMARTS) is 1. The fraction of sp³-hybridized carbons (Fsp3) is 0.368. The number of aromatic nitrogens is 5. The van der Waals surface area contributed by atoms with Crippen LogP contribution in [0.25, 0.3) is 11.5 Å². The first-order valence-electron chi connectivity index (χ1n) is 8.72. The lowest BCUT2D eigenvalue weighted by Crippen LogP contribution is -2.13. The Hall–Kier alpha value is -2.68. The van der Waals surface area contributed by atoms with Gasteiger partial charge < -0.3 is 9.67 Å². The smallest absolute Gasteiger partial charge is 0.313 e. The van der Waals surface area contributed by atoms with Gasteiger partial charge in [0.2, 0.25) is 0 Å². The highest BCUT2D eigenvalue weighted by molar-refractivity contribution is 7.99. The van der Waals surface area contributed by atoms with Crippen LogP contribution in [0.4, 0.5) is 4.39 Å². The summed E-state index contributed by atoms with van der Waals surface area (Å²) in [7, 11) is 1.80. The van der Waals surface area contributed by atoms with E-state index in [0.717, 1.165) is 28.7 Å². The van der Waals surface area contributed by atoms with Crippen molar-refractivity contribution in [1.29, 1.82) is 0 Å². The molecule has 0 unspecified atom stereocenters. The third kappa shape index (κ3) is 4.41. The van der Waals surface area contributed by atoms with Crippen molar-refractivity contribution in [2.24, 2.45) is 7.05 Å². The van der Waals surface area contributed by atoms with Gasteiger partial charge in [-0.25, -0.2) is 4.39 Å². The average molecular weight is 403 g/mol. The van der Waals surface area contributed by atoms with Gasteiger partial charge in [0, 0.05) is 12.5 Å². The predicted molar refractivity (Wildman–Crippen MR) is 105 cm³/mol. The van der Waals surface area contributed by atoms with Crippen LogP contribution in [-0.2, 0) is 23.8 Å². The van der Waals surface area contributed by atoms with Gasteiger partial charge >= 0.3 is 5.97 Å². The monoisotopic (exact) mass is 403 g/mol. The molecular formula is C19H22FN5O2S. The number of rotatable bonds is 6. The van der Waals surface area contributed by atoms with Crippen molar-refractivity contribution in [3.05, 3.63) is 47.4 Å². The molecule has 0 radical (unpaired) electrons. The number of thioether (sulfide) groups is 1. The molecule has 0 saturated heterocycles. The van der Waals surface area contributed by atoms with Gasteiger partial charge in [-0.2, -0.15) is 5.10 Å². The second kappa shape index (κ2) is 7.75. The lowest BCUT2D eigenvalue weighted by molar-refractivity contribution is -0.133. The zero-order valence-corrected chi connectivity index (χ0v) is 17.0. The molecule has 0 aliphatic heterocycles. The Morgan fingerprint density at radius 1 is 1.21 bits per heavy atom. The van der Waals surface area contributed by atoms with Crippen molar-refractivity contribution in [3.63, 3.8) is 0 Å². The first-order chi connectivity index (χ1) is 13.1. The SMILES string of the molecule is Cn1c(SCC(=O)O)nnc1-c1cc(C(C)(C)C)nn1Cc1ccc(F)cc1. The molecule has 1 N–H and O–H groups in total. The largest absolute Gasteiger partial charge is 0.481 e. The van der Waals surface area contributed by atoms with Crippen molar-refractivity contribution in [1.82, 2.24) is 24.5 Å². The van der Waals surface area contributed by atoms with Gasteiger partial charge in [-0.1, -0.05) is 44.7 Å². The molecule has 0 spiro atoms. The van der Waals surface area contributed by atoms with Crippen LogP contribution >= 0.6 is 11.8 Å². The summed E-state index contributed by atoms with van der Waals surface area (Å²) in [5, 5.41) is 22.5. The van der Waals surface area contributed by atoms with Crippen LogP contribution in [0.2, 0.25) is 0 Å². The molecule has 0 saturated carbocycles. The van der Waals surface area contributed by atoms with Crippen molar-refractivity contribution in [3.8, 4) is 11.5 Å². The molecule has 3 aromatic rings. The standard InChI is InChI=1S/C19H22FN5O2S/c1-19(2,3)15-9-14(17-21-22-18(24(17)4)28-11-16(26)27)25(23-15)10-12-5-7-13(20)8-6-12/h5-9H,10-11H2,1-4H3,(H,26,27). The van der Waals surface area contributed by atoms with E-state index in [2.05, 4.69) is 31.0 Å². The predicted octanol–water partition coefficient (Wildman–Crippen LogP) is 3.34. The van der Waals surface area contributed by atoms with Gasteiger partial charge in [-0.3, -0.25) is 9.48 Å². The second-order valence-electron chi connectivity index (χ2n) is 7.50. The summed E-state index contributed by atoms with van der Waals surface area (Å²) in [6.07, 6.45) is 0. The Kier molecular flexibility index (Phi) is 5.55. The molecule has 0 atom stereocenters. The molecule has 0 aliphatic rings. The molecule has 148 valence electrons. The van der Waals surface area contributed by atoms with E-state index < -0.39 is 5.97 Å². The van der Waals surface area contributed by atoms with E-state index >= 15 is 0 Å². The van der Waals surface area contributed by atoms with E-state index in [4.69, 9.17) is 10.2 Å². The van der Waals surface area contributed by atoms with Crippen molar-refractivity contribution in [2.45, 2.75) is 37.9 Å². The molecule has 0 bridgehead atoms. The Morgan fingerprint density at radius 3 is 2.50 bits per heavy atom. The van der Waals surface area contributed by atoms with Crippen molar-refractivity contribution >= 4 is 17.7 Å². The van der Waals surface area contributed by atoms with Crippen LogP contribution in [0.15, 0.2) is 35.5 Å². The maximum absolute atomic E-state index is 13.2. The summed E-state index contributed by atoms with van der Waals surface area (Å²) in [6, 6.07) is 8.27. The minimum Gasteiger partial charge on any atom is -0.481 e. The number of halogens is 1. The van der Waals surface area contributed by atoms with Crippen LogP contribution in [0.3, 0.4) is 0 Å². The first kappa shape index (κ1) is 20.1. The molecule has 3 rings (SSSR count). The van der Waals surface area contributed by atoms with Gasteiger partial charge in [0.15, 0.2) is 11.0 Å². The van der Waals surface area contributed by atoms with E-state index in [1.807, 2.05) is 10.7 Å². The number of benzene rings is 1. The van der Waals surface area contributed by atoms with Crippen LogP contribution < -0.4 is 0 Å². The maximum Gasteiger partial charge on any atom is 0.313 e. The van der Waals surface area contributed by atoms with Gasteiger partial charge in [0.1, 0.15) is 11.5 Å². The Bertz CT molecular complexity index is 989. The Labute approximate surface area is 166 Å². The minimum atomic E-state index is -0.911. The van der Waals surface area contributed by atoms with Gasteiger partial charge in [0.05, 0.1) is 18.0 Å². The average Bonchev–Trinajstić information content (AvgIpc) is 3.18. The second-order valence-corrected chi connectivity index (χ2v) is 8.44. The quantitative estimate of drug-likeness (QED) is 0.636. The highest BCUT2D eigenvalue weighted by atomic mass is 32.2. The molecule has 1 aromatic carbocycles. The normalized spacial score (nSPS) is 11.8. The molecule has 9 heteroatoms. The molecule has 2 heterocycles. The third-order valence-electron chi connectivity index (χ3n) is 4.18. The molecule has 7 nitrogen and oxygen atoms in total. The molecule has 2 aromatic heterocycles. The summed E-state index contributed by atoms with van der Waals surface area (Å²) in [5.74, 6) is -0.689. The molecule has 0 amide bonds. The van der Waals surface area contributed by atoms with Crippen molar-refractivity contribution in [2.75, 3.05) is 5.75 Å². The number of hydrogen-bond donors (Lipinski definition) is 1. The molecule has 0 aliphatic carbocycles. The van der Waals surface area contributed by atoms with Gasteiger partial charge in [0.25, 0.3) is 0 Å². The number of aliphatic carboxylic acids is 1. The van der Waals surface area contributed by atoms with Crippen LogP contribution in [-0.4, -0.2) is 41.4 Å². The number of nitrogens with zero attached hydrogens (tertiary/aromatic N) is 5. The Morgan fingerprint density at radius 2 is 1.89 bits per heavy atom. The van der Waals surface area contributed by atoms with Crippen molar-refractivity contribution < 1.29 is 14.3 Å². The molecular weight excluding hydrogens is 381 g/mol. The van der Waals surface area contributed by atoms with E-state index in [-0.39, 0.29) is 17.0 Å². The fourth-order valence-corrected chi connectivity index (χ4v) is 3.27. The minimum absolute atomic E-state index is 0.0892. The summed E-state index contributed by atoms with van der Waals surface area (Å²) in [4.78, 5) is 10.8. The highest BCUT2D eigenvalue weighted by Crippen LogP contribution is 2.28. The summed E-state index contributed by atoms with van der Waals surface area (Å²) in [5.41, 5.74) is 2.41. The number of carbonyl (C=O) groups is 1. The van der Waals surface area contributed by atoms with Crippen LogP contribution in [0.1, 0.15) is 32.0 Å². The summed E-state index contributed by atoms with van der Waals surface area (Å²) >= 11 is 1.11. The summed E-state index contributed by atoms with van der Waals surface area (Å²) < 4.78 is 16.8. The summed E-state index contributed by atoms with van der Waals surface area (Å²) in [6.45, 7) is 6.68. The van der Waals surface area contributed by atoms with E-state index in [9.17, 15) is 9.18 Å². The number of hydrogen-bond acceptors (Lipinski definition) is 5. The molecule has 28 heavy (non-hydrogen) atoms. The Balaban J connectivity index is 2.00. The van der Waals surface area contributed by atoms with Gasteiger partial charge in [-0.15, -0.1) is 10.2 Å². The third-order valence-corrected chi connectivity index (χ3v) is 5.19. The van der Waals surface area contributed by atoms with E-state index in [0.29, 0.717) is 17.5 Å². The van der Waals surface area contributed by atoms with Crippen LogP contribution in [0, 0.1) is 5.82 Å². The highest BCUT2D eigenvalue weighted by Gasteiger charge is 2.23. The topological polar surface area (TPSA) is 85.8 Å². The number of carboxylic acids is 1. The van der Waals surface area contributed by atoms with Crippen LogP contribution in [0.5, 0.6) is 0 Å². The first-order valence-corrected chi connectivity index (χ1v) is 9.71. The fourth-order valence-electron chi connectivity index (χ4n) is 2.64. The maximum atomic E-state index is 13.2. The lowest BCUT2D eigenvalue weighted by Gasteiger charge is -2.14. The zero-order chi connectivity index (χ0) is 20.5. The van der Waals surface area contributed by atoms with Gasteiger partial charge in [-0.05, 0) is 23.8 Å². The van der Waals surface area contributed by atoms with E-state index in [1.165, 1.54) is 12.1 Å². The lowest BCUT2D eigenvalue weighted by atomic mass is 9.92. The molecule has 0 fully saturated rings. The zero-order valence-electron chi connectivity index (χ0n) is 16.2.